The lowest BCUT2D eigenvalue weighted by Crippen LogP contribution is -2.50. The monoisotopic (exact) mass is 290 g/mol. The Morgan fingerprint density at radius 1 is 1.33 bits per heavy atom. The highest BCUT2D eigenvalue weighted by Gasteiger charge is 2.28. The van der Waals surface area contributed by atoms with Gasteiger partial charge in [0.05, 0.1) is 12.2 Å². The number of hydrogen-bond acceptors (Lipinski definition) is 3. The summed E-state index contributed by atoms with van der Waals surface area (Å²) >= 11 is 0. The normalized spacial score (nSPS) is 20.4. The number of hydrogen-bond donors (Lipinski definition) is 1. The van der Waals surface area contributed by atoms with Crippen molar-refractivity contribution in [3.05, 3.63) is 34.9 Å². The van der Waals surface area contributed by atoms with Crippen molar-refractivity contribution in [3.63, 3.8) is 0 Å². The maximum Gasteiger partial charge on any atom is 0.0753 e. The van der Waals surface area contributed by atoms with Crippen molar-refractivity contribution in [1.82, 2.24) is 10.2 Å². The molecule has 118 valence electrons. The Hall–Kier alpha value is -0.900. The van der Waals surface area contributed by atoms with Crippen LogP contribution in [0, 0.1) is 13.8 Å². The van der Waals surface area contributed by atoms with Crippen molar-refractivity contribution in [2.24, 2.45) is 0 Å². The van der Waals surface area contributed by atoms with Gasteiger partial charge in [-0.15, -0.1) is 0 Å². The van der Waals surface area contributed by atoms with Crippen LogP contribution in [0.15, 0.2) is 18.2 Å². The fourth-order valence-corrected chi connectivity index (χ4v) is 3.26. The van der Waals surface area contributed by atoms with Crippen LogP contribution in [0.2, 0.25) is 0 Å². The van der Waals surface area contributed by atoms with Crippen LogP contribution in [0.5, 0.6) is 0 Å². The Labute approximate surface area is 129 Å². The van der Waals surface area contributed by atoms with Crippen LogP contribution in [0.3, 0.4) is 0 Å². The zero-order chi connectivity index (χ0) is 15.5. The predicted molar refractivity (Wildman–Crippen MR) is 88.8 cm³/mol. The van der Waals surface area contributed by atoms with Gasteiger partial charge in [-0.1, -0.05) is 30.7 Å². The first-order valence-electron chi connectivity index (χ1n) is 8.08. The molecule has 1 aliphatic rings. The van der Waals surface area contributed by atoms with Crippen LogP contribution < -0.4 is 5.32 Å². The number of benzene rings is 1. The quantitative estimate of drug-likeness (QED) is 0.902. The minimum absolute atomic E-state index is 0.0304. The first-order valence-corrected chi connectivity index (χ1v) is 8.08. The van der Waals surface area contributed by atoms with Crippen molar-refractivity contribution >= 4 is 0 Å². The summed E-state index contributed by atoms with van der Waals surface area (Å²) in [5, 5.41) is 3.65. The van der Waals surface area contributed by atoms with Gasteiger partial charge in [0.25, 0.3) is 0 Å². The van der Waals surface area contributed by atoms with Crippen molar-refractivity contribution in [2.75, 3.05) is 32.8 Å². The SMILES string of the molecule is CCNC(CN1CCOC(C)(C)C1)c1ccc(C)cc1C. The average Bonchev–Trinajstić information content (AvgIpc) is 2.37. The Bertz CT molecular complexity index is 470. The van der Waals surface area contributed by atoms with Crippen LogP contribution in [-0.2, 0) is 4.74 Å². The summed E-state index contributed by atoms with van der Waals surface area (Å²) < 4.78 is 5.82. The molecule has 1 fully saturated rings. The largest absolute Gasteiger partial charge is 0.373 e. The molecular formula is C18H30N2O. The topological polar surface area (TPSA) is 24.5 Å². The summed E-state index contributed by atoms with van der Waals surface area (Å²) in [6.45, 7) is 15.8. The van der Waals surface area contributed by atoms with Gasteiger partial charge in [-0.05, 0) is 45.4 Å². The zero-order valence-corrected chi connectivity index (χ0v) is 14.2. The zero-order valence-electron chi connectivity index (χ0n) is 14.2. The van der Waals surface area contributed by atoms with Crippen LogP contribution in [0.1, 0.15) is 43.5 Å². The number of likely N-dealkylation sites (N-methyl/N-ethyl adjacent to an activating group) is 1. The van der Waals surface area contributed by atoms with Crippen molar-refractivity contribution in [3.8, 4) is 0 Å². The number of nitrogens with zero attached hydrogens (tertiary/aromatic N) is 1. The molecule has 1 aromatic rings. The Balaban J connectivity index is 2.11. The standard InChI is InChI=1S/C18H30N2O/c1-6-19-17(16-8-7-14(2)11-15(16)3)12-20-9-10-21-18(4,5)13-20/h7-8,11,17,19H,6,9-10,12-13H2,1-5H3. The minimum atomic E-state index is -0.0304. The first kappa shape index (κ1) is 16.5. The Kier molecular flexibility index (Phi) is 5.42. The molecule has 1 N–H and O–H groups in total. The molecule has 3 nitrogen and oxygen atoms in total. The third-order valence-corrected chi connectivity index (χ3v) is 4.20. The molecule has 0 amide bonds. The maximum atomic E-state index is 5.82. The van der Waals surface area contributed by atoms with Gasteiger partial charge in [-0.3, -0.25) is 4.90 Å². The van der Waals surface area contributed by atoms with Crippen molar-refractivity contribution in [2.45, 2.75) is 46.3 Å². The van der Waals surface area contributed by atoms with E-state index in [1.807, 2.05) is 0 Å². The highest BCUT2D eigenvalue weighted by molar-refractivity contribution is 5.33. The van der Waals surface area contributed by atoms with E-state index in [0.717, 1.165) is 32.8 Å². The van der Waals surface area contributed by atoms with Gasteiger partial charge in [0, 0.05) is 25.7 Å². The smallest absolute Gasteiger partial charge is 0.0753 e. The Morgan fingerprint density at radius 3 is 2.71 bits per heavy atom. The molecule has 1 heterocycles. The van der Waals surface area contributed by atoms with E-state index in [-0.39, 0.29) is 5.60 Å². The predicted octanol–water partition coefficient (Wildman–Crippen LogP) is 3.06. The molecule has 21 heavy (non-hydrogen) atoms. The van der Waals surface area contributed by atoms with Gasteiger partial charge < -0.3 is 10.1 Å². The van der Waals surface area contributed by atoms with E-state index in [9.17, 15) is 0 Å². The lowest BCUT2D eigenvalue weighted by atomic mass is 9.98. The Morgan fingerprint density at radius 2 is 2.10 bits per heavy atom. The lowest BCUT2D eigenvalue weighted by Gasteiger charge is -2.40. The van der Waals surface area contributed by atoms with Gasteiger partial charge in [-0.25, -0.2) is 0 Å². The highest BCUT2D eigenvalue weighted by Crippen LogP contribution is 2.23. The summed E-state index contributed by atoms with van der Waals surface area (Å²) in [6.07, 6.45) is 0. The summed E-state index contributed by atoms with van der Waals surface area (Å²) in [5.41, 5.74) is 4.11. The number of rotatable bonds is 5. The van der Waals surface area contributed by atoms with Gasteiger partial charge in [0.1, 0.15) is 0 Å². The first-order chi connectivity index (χ1) is 9.91. The molecule has 1 saturated heterocycles. The molecule has 0 bridgehead atoms. The summed E-state index contributed by atoms with van der Waals surface area (Å²) in [5.74, 6) is 0. The van der Waals surface area contributed by atoms with Gasteiger partial charge in [0.2, 0.25) is 0 Å². The second-order valence-electron chi connectivity index (χ2n) is 6.81. The van der Waals surface area contributed by atoms with E-state index >= 15 is 0 Å². The maximum absolute atomic E-state index is 5.82. The second-order valence-corrected chi connectivity index (χ2v) is 6.81. The molecule has 3 heteroatoms. The third-order valence-electron chi connectivity index (χ3n) is 4.20. The van der Waals surface area contributed by atoms with E-state index in [2.05, 4.69) is 63.0 Å². The van der Waals surface area contributed by atoms with E-state index in [0.29, 0.717) is 6.04 Å². The fourth-order valence-electron chi connectivity index (χ4n) is 3.26. The van der Waals surface area contributed by atoms with Crippen LogP contribution in [0.25, 0.3) is 0 Å². The van der Waals surface area contributed by atoms with Crippen molar-refractivity contribution in [1.29, 1.82) is 0 Å². The number of nitrogens with one attached hydrogen (secondary N) is 1. The van der Waals surface area contributed by atoms with Crippen LogP contribution >= 0.6 is 0 Å². The summed E-state index contributed by atoms with van der Waals surface area (Å²) in [6, 6.07) is 7.17. The molecule has 0 saturated carbocycles. The number of ether oxygens (including phenoxy) is 1. The van der Waals surface area contributed by atoms with Gasteiger partial charge >= 0.3 is 0 Å². The van der Waals surface area contributed by atoms with Gasteiger partial charge in [0.15, 0.2) is 0 Å². The van der Waals surface area contributed by atoms with E-state index in [1.54, 1.807) is 0 Å². The minimum Gasteiger partial charge on any atom is -0.373 e. The molecule has 0 aliphatic carbocycles. The molecule has 0 spiro atoms. The molecule has 1 aliphatic heterocycles. The van der Waals surface area contributed by atoms with E-state index in [4.69, 9.17) is 4.74 Å². The van der Waals surface area contributed by atoms with Crippen LogP contribution in [0.4, 0.5) is 0 Å². The summed E-state index contributed by atoms with van der Waals surface area (Å²) in [7, 11) is 0. The molecule has 1 atom stereocenters. The summed E-state index contributed by atoms with van der Waals surface area (Å²) in [4.78, 5) is 2.52. The molecule has 1 aromatic carbocycles. The fraction of sp³-hybridized carbons (Fsp3) is 0.667. The number of aryl methyl sites for hydroxylation is 2. The lowest BCUT2D eigenvalue weighted by molar-refractivity contribution is -0.0876. The van der Waals surface area contributed by atoms with Gasteiger partial charge in [-0.2, -0.15) is 0 Å². The second kappa shape index (κ2) is 6.91. The van der Waals surface area contributed by atoms with Crippen LogP contribution in [-0.4, -0.2) is 43.3 Å². The molecule has 0 radical (unpaired) electrons. The highest BCUT2D eigenvalue weighted by atomic mass is 16.5. The third kappa shape index (κ3) is 4.53. The van der Waals surface area contributed by atoms with E-state index < -0.39 is 0 Å². The average molecular weight is 290 g/mol. The molecule has 1 unspecified atom stereocenters. The van der Waals surface area contributed by atoms with E-state index in [1.165, 1.54) is 16.7 Å². The molecular weight excluding hydrogens is 260 g/mol. The molecule has 0 aromatic heterocycles. The van der Waals surface area contributed by atoms with Crippen molar-refractivity contribution < 1.29 is 4.74 Å². The molecule has 2 rings (SSSR count). The number of morpholine rings is 1.